The minimum Gasteiger partial charge on any atom is -0.472 e. The van der Waals surface area contributed by atoms with Crippen LogP contribution in [-0.4, -0.2) is 43.1 Å². The number of rotatable bonds is 3. The first kappa shape index (κ1) is 21.8. The molecule has 34 heavy (non-hydrogen) atoms. The molecule has 7 heteroatoms. The van der Waals surface area contributed by atoms with Gasteiger partial charge in [0.15, 0.2) is 5.78 Å². The zero-order valence-electron chi connectivity index (χ0n) is 20.1. The molecule has 0 bridgehead atoms. The fourth-order valence-electron chi connectivity index (χ4n) is 8.50. The molecule has 180 valence electrons. The van der Waals surface area contributed by atoms with Crippen LogP contribution in [0.3, 0.4) is 0 Å². The summed E-state index contributed by atoms with van der Waals surface area (Å²) in [5.74, 6) is -1.65. The van der Waals surface area contributed by atoms with Crippen molar-refractivity contribution in [2.75, 3.05) is 7.11 Å². The van der Waals surface area contributed by atoms with E-state index < -0.39 is 40.3 Å². The van der Waals surface area contributed by atoms with Gasteiger partial charge in [0.2, 0.25) is 0 Å². The van der Waals surface area contributed by atoms with Crippen molar-refractivity contribution in [3.8, 4) is 0 Å². The third-order valence-corrected chi connectivity index (χ3v) is 9.92. The predicted octanol–water partition coefficient (Wildman–Crippen LogP) is 3.60. The third kappa shape index (κ3) is 2.34. The SMILES string of the molecule is COC(=O)CC1C2(C)C(=O)C=CC3(C)C(=O)OC(C32)C2OC3C(c4ccoc4)C=C(C)C3C21C. The van der Waals surface area contributed by atoms with Crippen molar-refractivity contribution < 1.29 is 33.0 Å². The number of fused-ring (bicyclic) bond motifs is 4. The summed E-state index contributed by atoms with van der Waals surface area (Å²) >= 11 is 0. The number of hydrogen-bond acceptors (Lipinski definition) is 7. The highest BCUT2D eigenvalue weighted by Crippen LogP contribution is 2.72. The maximum absolute atomic E-state index is 13.7. The molecule has 10 unspecified atom stereocenters. The molecule has 6 rings (SSSR count). The summed E-state index contributed by atoms with van der Waals surface area (Å²) in [6, 6.07) is 1.94. The normalized spacial score (nSPS) is 48.1. The Morgan fingerprint density at radius 2 is 1.94 bits per heavy atom. The molecule has 5 aliphatic rings. The molecule has 2 saturated heterocycles. The largest absolute Gasteiger partial charge is 0.472 e. The molecule has 0 amide bonds. The Hall–Kier alpha value is -2.67. The fourth-order valence-corrected chi connectivity index (χ4v) is 8.50. The number of furan rings is 1. The van der Waals surface area contributed by atoms with Crippen molar-refractivity contribution in [3.63, 3.8) is 0 Å². The van der Waals surface area contributed by atoms with Gasteiger partial charge in [-0.25, -0.2) is 0 Å². The summed E-state index contributed by atoms with van der Waals surface area (Å²) in [4.78, 5) is 39.7. The maximum Gasteiger partial charge on any atom is 0.316 e. The van der Waals surface area contributed by atoms with Gasteiger partial charge in [0, 0.05) is 35.0 Å². The van der Waals surface area contributed by atoms with E-state index in [-0.39, 0.29) is 42.1 Å². The van der Waals surface area contributed by atoms with E-state index in [9.17, 15) is 14.4 Å². The third-order valence-electron chi connectivity index (χ3n) is 9.92. The molecule has 0 spiro atoms. The topological polar surface area (TPSA) is 92.0 Å². The fraction of sp³-hybridized carbons (Fsp3) is 0.593. The molecule has 0 radical (unpaired) electrons. The molecule has 10 atom stereocenters. The molecule has 0 N–H and O–H groups in total. The first-order valence-corrected chi connectivity index (χ1v) is 12.0. The van der Waals surface area contributed by atoms with Crippen molar-refractivity contribution in [2.24, 2.45) is 34.0 Å². The minimum absolute atomic E-state index is 0.0166. The monoisotopic (exact) mass is 466 g/mol. The minimum atomic E-state index is -0.980. The number of hydrogen-bond donors (Lipinski definition) is 0. The summed E-state index contributed by atoms with van der Waals surface area (Å²) in [6.45, 7) is 7.96. The molecular formula is C27H30O7. The summed E-state index contributed by atoms with van der Waals surface area (Å²) in [5.41, 5.74) is -0.372. The number of ketones is 1. The molecule has 1 aromatic heterocycles. The van der Waals surface area contributed by atoms with Crippen molar-refractivity contribution >= 4 is 17.7 Å². The van der Waals surface area contributed by atoms with Crippen LogP contribution in [0.4, 0.5) is 0 Å². The molecule has 1 saturated carbocycles. The van der Waals surface area contributed by atoms with Crippen LogP contribution in [0.5, 0.6) is 0 Å². The molecule has 3 fully saturated rings. The van der Waals surface area contributed by atoms with Crippen molar-refractivity contribution in [1.29, 1.82) is 0 Å². The van der Waals surface area contributed by atoms with Crippen LogP contribution in [0.25, 0.3) is 0 Å². The van der Waals surface area contributed by atoms with E-state index in [1.54, 1.807) is 18.6 Å². The van der Waals surface area contributed by atoms with E-state index in [1.165, 1.54) is 13.2 Å². The van der Waals surface area contributed by atoms with Gasteiger partial charge in [-0.2, -0.15) is 0 Å². The second-order valence-electron chi connectivity index (χ2n) is 11.3. The molecular weight excluding hydrogens is 436 g/mol. The van der Waals surface area contributed by atoms with Crippen LogP contribution in [0, 0.1) is 34.0 Å². The summed E-state index contributed by atoms with van der Waals surface area (Å²) in [7, 11) is 1.37. The smallest absolute Gasteiger partial charge is 0.316 e. The molecule has 1 aromatic rings. The van der Waals surface area contributed by atoms with Crippen molar-refractivity contribution in [3.05, 3.63) is 48.0 Å². The van der Waals surface area contributed by atoms with Gasteiger partial charge in [-0.3, -0.25) is 14.4 Å². The first-order valence-electron chi connectivity index (χ1n) is 12.0. The highest BCUT2D eigenvalue weighted by atomic mass is 16.6. The zero-order valence-corrected chi connectivity index (χ0v) is 20.1. The van der Waals surface area contributed by atoms with Gasteiger partial charge in [-0.1, -0.05) is 31.6 Å². The number of allylic oxidation sites excluding steroid dienone is 1. The summed E-state index contributed by atoms with van der Waals surface area (Å²) in [5, 5.41) is 0. The number of methoxy groups -OCH3 is 1. The Kier molecular flexibility index (Phi) is 4.31. The standard InChI is InChI=1S/C27H30O7/c1-13-10-15(14-7-9-32-12-14)20-19(13)27(4)16(11-18(29)31-5)26(3)17(28)6-8-25(2)22(26)21(23(27)33-20)34-24(25)30/h6-10,12,15-16,19-23H,11H2,1-5H3. The van der Waals surface area contributed by atoms with Crippen LogP contribution in [0.15, 0.2) is 46.8 Å². The Labute approximate surface area is 198 Å². The van der Waals surface area contributed by atoms with Crippen LogP contribution < -0.4 is 0 Å². The predicted molar refractivity (Wildman–Crippen MR) is 119 cm³/mol. The number of carbonyl (C=O) groups is 3. The number of ether oxygens (including phenoxy) is 3. The lowest BCUT2D eigenvalue weighted by atomic mass is 9.41. The average Bonchev–Trinajstić information content (AvgIpc) is 3.55. The van der Waals surface area contributed by atoms with Gasteiger partial charge >= 0.3 is 11.9 Å². The van der Waals surface area contributed by atoms with E-state index in [2.05, 4.69) is 19.9 Å². The van der Waals surface area contributed by atoms with Crippen LogP contribution >= 0.6 is 0 Å². The number of carbonyl (C=O) groups excluding carboxylic acids is 3. The van der Waals surface area contributed by atoms with Crippen LogP contribution in [-0.2, 0) is 28.6 Å². The average molecular weight is 467 g/mol. The van der Waals surface area contributed by atoms with Crippen LogP contribution in [0.2, 0.25) is 0 Å². The van der Waals surface area contributed by atoms with E-state index >= 15 is 0 Å². The van der Waals surface area contributed by atoms with Crippen LogP contribution in [0.1, 0.15) is 45.6 Å². The van der Waals surface area contributed by atoms with Gasteiger partial charge in [-0.05, 0) is 37.5 Å². The number of esters is 2. The summed E-state index contributed by atoms with van der Waals surface area (Å²) < 4.78 is 23.4. The quantitative estimate of drug-likeness (QED) is 0.496. The Balaban J connectivity index is 1.55. The van der Waals surface area contributed by atoms with E-state index in [4.69, 9.17) is 18.6 Å². The molecule has 7 nitrogen and oxygen atoms in total. The van der Waals surface area contributed by atoms with E-state index in [0.29, 0.717) is 0 Å². The second-order valence-corrected chi connectivity index (χ2v) is 11.3. The van der Waals surface area contributed by atoms with Gasteiger partial charge in [0.05, 0.1) is 31.2 Å². The van der Waals surface area contributed by atoms with Gasteiger partial charge in [0.25, 0.3) is 0 Å². The molecule has 2 aliphatic heterocycles. The highest BCUT2D eigenvalue weighted by Gasteiger charge is 2.78. The van der Waals surface area contributed by atoms with Gasteiger partial charge in [-0.15, -0.1) is 0 Å². The second kappa shape index (κ2) is 6.72. The first-order chi connectivity index (χ1) is 16.1. The Morgan fingerprint density at radius 3 is 2.62 bits per heavy atom. The van der Waals surface area contributed by atoms with E-state index in [0.717, 1.165) is 11.1 Å². The zero-order chi connectivity index (χ0) is 24.2. The van der Waals surface area contributed by atoms with Crippen molar-refractivity contribution in [2.45, 2.75) is 58.3 Å². The highest BCUT2D eigenvalue weighted by molar-refractivity contribution is 6.00. The maximum atomic E-state index is 13.7. The van der Waals surface area contributed by atoms with Gasteiger partial charge < -0.3 is 18.6 Å². The lowest BCUT2D eigenvalue weighted by molar-refractivity contribution is -0.194. The Bertz CT molecular complexity index is 1150. The van der Waals surface area contributed by atoms with Gasteiger partial charge in [0.1, 0.15) is 12.2 Å². The molecule has 0 aromatic carbocycles. The summed E-state index contributed by atoms with van der Waals surface area (Å²) in [6.07, 6.45) is 7.66. The lowest BCUT2D eigenvalue weighted by Gasteiger charge is -2.60. The van der Waals surface area contributed by atoms with Crippen molar-refractivity contribution in [1.82, 2.24) is 0 Å². The van der Waals surface area contributed by atoms with E-state index in [1.807, 2.05) is 19.9 Å². The lowest BCUT2D eigenvalue weighted by Crippen LogP contribution is -2.67. The molecule has 3 aliphatic carbocycles. The Morgan fingerprint density at radius 1 is 1.18 bits per heavy atom. The molecule has 3 heterocycles.